The van der Waals surface area contributed by atoms with Crippen molar-refractivity contribution in [2.45, 2.75) is 12.1 Å². The maximum atomic E-state index is 8.69. The summed E-state index contributed by atoms with van der Waals surface area (Å²) >= 11 is 7.43. The Labute approximate surface area is 119 Å². The molecule has 0 atom stereocenters. The number of nitriles is 1. The summed E-state index contributed by atoms with van der Waals surface area (Å²) in [5.74, 6) is 0.351. The smallest absolute Gasteiger partial charge is 0.197 e. The second-order valence-corrected chi connectivity index (χ2v) is 5.49. The molecule has 0 aliphatic heterocycles. The first kappa shape index (κ1) is 12.3. The highest BCUT2D eigenvalue weighted by atomic mass is 35.5. The van der Waals surface area contributed by atoms with Crippen molar-refractivity contribution in [1.82, 2.24) is 14.6 Å². The quantitative estimate of drug-likeness (QED) is 0.678. The highest BCUT2D eigenvalue weighted by Crippen LogP contribution is 2.27. The van der Waals surface area contributed by atoms with Gasteiger partial charge in [-0.15, -0.1) is 10.2 Å². The van der Waals surface area contributed by atoms with E-state index in [1.807, 2.05) is 35.6 Å². The van der Waals surface area contributed by atoms with Crippen molar-refractivity contribution >= 4 is 39.9 Å². The summed E-state index contributed by atoms with van der Waals surface area (Å²) < 4.78 is 1.96. The van der Waals surface area contributed by atoms with Gasteiger partial charge in [-0.05, 0) is 36.8 Å². The minimum Gasteiger partial charge on any atom is -0.270 e. The van der Waals surface area contributed by atoms with Gasteiger partial charge in [-0.2, -0.15) is 5.26 Å². The number of hydrogen-bond donors (Lipinski definition) is 0. The van der Waals surface area contributed by atoms with E-state index >= 15 is 0 Å². The molecule has 0 aliphatic rings. The van der Waals surface area contributed by atoms with E-state index in [4.69, 9.17) is 16.9 Å². The lowest BCUT2D eigenvalue weighted by molar-refractivity contribution is 0.942. The molecule has 0 spiro atoms. The summed E-state index contributed by atoms with van der Waals surface area (Å²) in [6.45, 7) is 2.02. The van der Waals surface area contributed by atoms with Crippen LogP contribution in [0, 0.1) is 18.3 Å². The molecule has 3 aromatic rings. The molecule has 3 rings (SSSR count). The number of halogens is 1. The molecule has 19 heavy (non-hydrogen) atoms. The van der Waals surface area contributed by atoms with Gasteiger partial charge in [-0.1, -0.05) is 23.4 Å². The van der Waals surface area contributed by atoms with Gasteiger partial charge in [0.15, 0.2) is 10.8 Å². The molecule has 2 heterocycles. The number of hydrogen-bond acceptors (Lipinski definition) is 4. The molecular weight excluding hydrogens is 280 g/mol. The number of rotatable bonds is 2. The van der Waals surface area contributed by atoms with Gasteiger partial charge < -0.3 is 0 Å². The van der Waals surface area contributed by atoms with E-state index in [1.165, 1.54) is 11.8 Å². The number of aromatic nitrogens is 3. The van der Waals surface area contributed by atoms with Gasteiger partial charge in [-0.3, -0.25) is 4.40 Å². The zero-order valence-electron chi connectivity index (χ0n) is 10.1. The van der Waals surface area contributed by atoms with Crippen LogP contribution in [0.4, 0.5) is 0 Å². The van der Waals surface area contributed by atoms with Gasteiger partial charge in [0.25, 0.3) is 0 Å². The minimum atomic E-state index is 0.351. The Morgan fingerprint density at radius 1 is 1.37 bits per heavy atom. The molecule has 94 valence electrons. The molecule has 0 saturated carbocycles. The van der Waals surface area contributed by atoms with Crippen LogP contribution in [0.25, 0.3) is 16.6 Å². The lowest BCUT2D eigenvalue weighted by Crippen LogP contribution is -1.93. The summed E-state index contributed by atoms with van der Waals surface area (Å²) in [4.78, 5) is 0. The molecule has 6 heteroatoms. The van der Waals surface area contributed by atoms with E-state index in [-0.39, 0.29) is 0 Å². The fraction of sp³-hybridized carbons (Fsp3) is 0.154. The van der Waals surface area contributed by atoms with E-state index < -0.39 is 0 Å². The molecule has 1 aromatic carbocycles. The van der Waals surface area contributed by atoms with Crippen molar-refractivity contribution in [2.75, 3.05) is 5.75 Å². The SMILES string of the molecule is Cc1cc2nnc(SCC#N)n2c2ccc(Cl)cc12. The van der Waals surface area contributed by atoms with E-state index in [2.05, 4.69) is 16.3 Å². The molecule has 0 aliphatic carbocycles. The molecule has 0 fully saturated rings. The molecule has 0 radical (unpaired) electrons. The number of benzene rings is 1. The number of pyridine rings is 1. The zero-order chi connectivity index (χ0) is 13.4. The summed E-state index contributed by atoms with van der Waals surface area (Å²) in [7, 11) is 0. The Morgan fingerprint density at radius 2 is 2.21 bits per heavy atom. The largest absolute Gasteiger partial charge is 0.270 e. The van der Waals surface area contributed by atoms with Gasteiger partial charge in [0, 0.05) is 10.4 Å². The first-order valence-electron chi connectivity index (χ1n) is 5.64. The molecule has 2 aromatic heterocycles. The van der Waals surface area contributed by atoms with E-state index in [1.54, 1.807) is 0 Å². The second kappa shape index (κ2) is 4.72. The average molecular weight is 289 g/mol. The summed E-state index contributed by atoms with van der Waals surface area (Å²) in [6, 6.07) is 9.81. The average Bonchev–Trinajstić information content (AvgIpc) is 2.79. The van der Waals surface area contributed by atoms with Gasteiger partial charge in [0.1, 0.15) is 0 Å². The molecular formula is C13H9ClN4S. The minimum absolute atomic E-state index is 0.351. The molecule has 0 N–H and O–H groups in total. The lowest BCUT2D eigenvalue weighted by Gasteiger charge is -2.07. The fourth-order valence-electron chi connectivity index (χ4n) is 2.08. The predicted molar refractivity (Wildman–Crippen MR) is 76.6 cm³/mol. The van der Waals surface area contributed by atoms with Gasteiger partial charge in [-0.25, -0.2) is 0 Å². The van der Waals surface area contributed by atoms with Crippen molar-refractivity contribution in [2.24, 2.45) is 0 Å². The van der Waals surface area contributed by atoms with Crippen molar-refractivity contribution in [3.63, 3.8) is 0 Å². The monoisotopic (exact) mass is 288 g/mol. The first-order valence-corrected chi connectivity index (χ1v) is 7.01. The van der Waals surface area contributed by atoms with E-state index in [9.17, 15) is 0 Å². The van der Waals surface area contributed by atoms with Crippen LogP contribution in [0.3, 0.4) is 0 Å². The Balaban J connectivity index is 2.36. The number of fused-ring (bicyclic) bond motifs is 3. The van der Waals surface area contributed by atoms with Gasteiger partial charge in [0.05, 0.1) is 17.3 Å². The Hall–Kier alpha value is -1.77. The number of aryl methyl sites for hydroxylation is 1. The van der Waals surface area contributed by atoms with Gasteiger partial charge >= 0.3 is 0 Å². The maximum absolute atomic E-state index is 8.69. The molecule has 4 nitrogen and oxygen atoms in total. The standard InChI is InChI=1S/C13H9ClN4S/c1-8-6-12-16-17-13(19-5-4-15)18(12)11-3-2-9(14)7-10(8)11/h2-3,6-7H,5H2,1H3. The Morgan fingerprint density at radius 3 is 3.00 bits per heavy atom. The van der Waals surface area contributed by atoms with E-state index in [0.717, 1.165) is 27.3 Å². The highest BCUT2D eigenvalue weighted by Gasteiger charge is 2.11. The maximum Gasteiger partial charge on any atom is 0.197 e. The Kier molecular flexibility index (Phi) is 3.05. The van der Waals surface area contributed by atoms with Crippen LogP contribution in [0.1, 0.15) is 5.56 Å². The fourth-order valence-corrected chi connectivity index (χ4v) is 2.87. The van der Waals surface area contributed by atoms with Crippen LogP contribution in [0.2, 0.25) is 5.02 Å². The molecule has 0 saturated heterocycles. The van der Waals surface area contributed by atoms with Crippen LogP contribution in [0.5, 0.6) is 0 Å². The third-order valence-electron chi connectivity index (χ3n) is 2.89. The first-order chi connectivity index (χ1) is 9.20. The van der Waals surface area contributed by atoms with Crippen molar-refractivity contribution in [1.29, 1.82) is 5.26 Å². The van der Waals surface area contributed by atoms with Crippen LogP contribution in [0.15, 0.2) is 29.4 Å². The molecule has 0 unspecified atom stereocenters. The number of nitrogens with zero attached hydrogens (tertiary/aromatic N) is 4. The van der Waals surface area contributed by atoms with Gasteiger partial charge in [0.2, 0.25) is 0 Å². The zero-order valence-corrected chi connectivity index (χ0v) is 11.7. The van der Waals surface area contributed by atoms with Crippen LogP contribution >= 0.6 is 23.4 Å². The van der Waals surface area contributed by atoms with Crippen LogP contribution in [-0.2, 0) is 0 Å². The summed E-state index contributed by atoms with van der Waals surface area (Å²) in [5.41, 5.74) is 2.90. The molecule has 0 bridgehead atoms. The summed E-state index contributed by atoms with van der Waals surface area (Å²) in [5, 5.41) is 19.5. The lowest BCUT2D eigenvalue weighted by atomic mass is 10.1. The van der Waals surface area contributed by atoms with Crippen molar-refractivity contribution in [3.05, 3.63) is 34.9 Å². The second-order valence-electron chi connectivity index (χ2n) is 4.11. The predicted octanol–water partition coefficient (Wildman–Crippen LogP) is 3.46. The van der Waals surface area contributed by atoms with Crippen molar-refractivity contribution < 1.29 is 0 Å². The van der Waals surface area contributed by atoms with Crippen LogP contribution in [-0.4, -0.2) is 20.4 Å². The van der Waals surface area contributed by atoms with Crippen LogP contribution < -0.4 is 0 Å². The third kappa shape index (κ3) is 2.03. The van der Waals surface area contributed by atoms with Crippen molar-refractivity contribution in [3.8, 4) is 6.07 Å². The number of thioether (sulfide) groups is 1. The topological polar surface area (TPSA) is 54.0 Å². The Bertz CT molecular complexity index is 819. The highest BCUT2D eigenvalue weighted by molar-refractivity contribution is 7.99. The third-order valence-corrected chi connectivity index (χ3v) is 3.93. The van der Waals surface area contributed by atoms with E-state index in [0.29, 0.717) is 10.8 Å². The molecule has 0 amide bonds. The summed E-state index contributed by atoms with van der Waals surface area (Å²) in [6.07, 6.45) is 0. The normalized spacial score (nSPS) is 11.0.